The number of rotatable bonds is 5. The van der Waals surface area contributed by atoms with E-state index in [0.717, 1.165) is 31.6 Å². The number of carbonyl (C=O) groups is 1. The van der Waals surface area contributed by atoms with Crippen molar-refractivity contribution < 1.29 is 4.79 Å². The maximum absolute atomic E-state index is 12.7. The fourth-order valence-corrected chi connectivity index (χ4v) is 3.23. The number of piperidine rings is 1. The van der Waals surface area contributed by atoms with Crippen LogP contribution >= 0.6 is 0 Å². The Labute approximate surface area is 143 Å². The Kier molecular flexibility index (Phi) is 5.00. The van der Waals surface area contributed by atoms with E-state index in [1.165, 1.54) is 5.56 Å². The number of hydrogen-bond acceptors (Lipinski definition) is 3. The molecule has 0 saturated carbocycles. The molecule has 1 saturated heterocycles. The van der Waals surface area contributed by atoms with Crippen LogP contribution in [0, 0.1) is 11.3 Å². The molecule has 5 heteroatoms. The Bertz CT molecular complexity index is 672. The minimum Gasteiger partial charge on any atom is -0.323 e. The van der Waals surface area contributed by atoms with Gasteiger partial charge in [0.15, 0.2) is 0 Å². The van der Waals surface area contributed by atoms with Gasteiger partial charge < -0.3 is 10.6 Å². The predicted octanol–water partition coefficient (Wildman–Crippen LogP) is 2.90. The van der Waals surface area contributed by atoms with Gasteiger partial charge in [0.05, 0.1) is 18.4 Å². The first kappa shape index (κ1) is 16.7. The minimum atomic E-state index is -0.394. The summed E-state index contributed by atoms with van der Waals surface area (Å²) in [7, 11) is 0. The summed E-state index contributed by atoms with van der Waals surface area (Å²) in [6.07, 6.45) is 5.84. The number of nitrogens with zero attached hydrogens (tertiary/aromatic N) is 2. The quantitative estimate of drug-likeness (QED) is 0.888. The van der Waals surface area contributed by atoms with Crippen LogP contribution in [-0.4, -0.2) is 28.8 Å². The van der Waals surface area contributed by atoms with E-state index in [1.54, 1.807) is 6.20 Å². The largest absolute Gasteiger partial charge is 0.323 e. The van der Waals surface area contributed by atoms with Gasteiger partial charge in [0.2, 0.25) is 5.91 Å². The maximum Gasteiger partial charge on any atom is 0.230 e. The normalized spacial score (nSPS) is 18.3. The van der Waals surface area contributed by atoms with E-state index in [1.807, 2.05) is 42.9 Å². The van der Waals surface area contributed by atoms with Gasteiger partial charge in [-0.25, -0.2) is 0 Å². The highest BCUT2D eigenvalue weighted by molar-refractivity contribution is 5.94. The first-order chi connectivity index (χ1) is 11.6. The first-order valence-electron chi connectivity index (χ1n) is 8.64. The second-order valence-electron chi connectivity index (χ2n) is 7.13. The highest BCUT2D eigenvalue weighted by Gasteiger charge is 2.37. The third-order valence-corrected chi connectivity index (χ3v) is 4.98. The van der Waals surface area contributed by atoms with Crippen molar-refractivity contribution in [2.75, 3.05) is 18.4 Å². The summed E-state index contributed by atoms with van der Waals surface area (Å²) in [5.41, 5.74) is 1.55. The summed E-state index contributed by atoms with van der Waals surface area (Å²) >= 11 is 0. The molecule has 2 N–H and O–H groups in total. The number of carbonyl (C=O) groups excluding carboxylic acids is 1. The lowest BCUT2D eigenvalue weighted by Gasteiger charge is -2.35. The van der Waals surface area contributed by atoms with Crippen LogP contribution in [0.15, 0.2) is 42.7 Å². The lowest BCUT2D eigenvalue weighted by Crippen LogP contribution is -2.44. The lowest BCUT2D eigenvalue weighted by molar-refractivity contribution is -0.127. The highest BCUT2D eigenvalue weighted by Crippen LogP contribution is 2.33. The summed E-state index contributed by atoms with van der Waals surface area (Å²) in [5.74, 6) is 0.432. The van der Waals surface area contributed by atoms with E-state index in [-0.39, 0.29) is 5.91 Å². The molecule has 1 aliphatic rings. The summed E-state index contributed by atoms with van der Waals surface area (Å²) in [6.45, 7) is 6.74. The van der Waals surface area contributed by atoms with Crippen LogP contribution in [0.5, 0.6) is 0 Å². The molecule has 1 aromatic carbocycles. The molecule has 0 aliphatic carbocycles. The van der Waals surface area contributed by atoms with Crippen LogP contribution in [0.1, 0.15) is 32.3 Å². The Hall–Kier alpha value is -2.14. The summed E-state index contributed by atoms with van der Waals surface area (Å²) in [4.78, 5) is 12.7. The molecule has 5 nitrogen and oxygen atoms in total. The van der Waals surface area contributed by atoms with Crippen LogP contribution in [-0.2, 0) is 11.3 Å². The van der Waals surface area contributed by atoms with Crippen LogP contribution in [0.4, 0.5) is 5.69 Å². The average molecular weight is 326 g/mol. The molecule has 1 aromatic heterocycles. The molecule has 128 valence electrons. The second kappa shape index (κ2) is 7.18. The summed E-state index contributed by atoms with van der Waals surface area (Å²) < 4.78 is 1.85. The smallest absolute Gasteiger partial charge is 0.230 e. The van der Waals surface area contributed by atoms with Gasteiger partial charge in [0.1, 0.15) is 0 Å². The van der Waals surface area contributed by atoms with Crippen molar-refractivity contribution in [3.8, 4) is 0 Å². The van der Waals surface area contributed by atoms with Gasteiger partial charge in [-0.1, -0.05) is 44.2 Å². The van der Waals surface area contributed by atoms with E-state index < -0.39 is 5.41 Å². The van der Waals surface area contributed by atoms with Crippen molar-refractivity contribution in [3.05, 3.63) is 48.3 Å². The number of benzene rings is 1. The van der Waals surface area contributed by atoms with Crippen LogP contribution < -0.4 is 10.6 Å². The molecule has 2 heterocycles. The van der Waals surface area contributed by atoms with Crippen LogP contribution in [0.2, 0.25) is 0 Å². The Balaban J connectivity index is 1.62. The molecule has 1 unspecified atom stereocenters. The molecular formula is C19H26N4O. The van der Waals surface area contributed by atoms with Gasteiger partial charge in [0, 0.05) is 11.6 Å². The van der Waals surface area contributed by atoms with Gasteiger partial charge in [-0.3, -0.25) is 9.48 Å². The topological polar surface area (TPSA) is 59.0 Å². The van der Waals surface area contributed by atoms with Crippen molar-refractivity contribution >= 4 is 11.6 Å². The molecule has 1 amide bonds. The zero-order chi connectivity index (χ0) is 17.0. The number of aromatic nitrogens is 2. The molecular weight excluding hydrogens is 300 g/mol. The Morgan fingerprint density at radius 3 is 2.88 bits per heavy atom. The van der Waals surface area contributed by atoms with E-state index >= 15 is 0 Å². The fraction of sp³-hybridized carbons (Fsp3) is 0.474. The fourth-order valence-electron chi connectivity index (χ4n) is 3.23. The van der Waals surface area contributed by atoms with Gasteiger partial charge in [-0.2, -0.15) is 5.10 Å². The molecule has 1 fully saturated rings. The number of anilines is 1. The highest BCUT2D eigenvalue weighted by atomic mass is 16.2. The van der Waals surface area contributed by atoms with Crippen molar-refractivity contribution in [1.29, 1.82) is 0 Å². The van der Waals surface area contributed by atoms with Crippen LogP contribution in [0.3, 0.4) is 0 Å². The molecule has 1 aliphatic heterocycles. The Morgan fingerprint density at radius 1 is 1.38 bits per heavy atom. The molecule has 2 aromatic rings. The number of nitrogens with one attached hydrogen (secondary N) is 2. The Morgan fingerprint density at radius 2 is 2.17 bits per heavy atom. The maximum atomic E-state index is 12.7. The third-order valence-electron chi connectivity index (χ3n) is 4.98. The van der Waals surface area contributed by atoms with Gasteiger partial charge >= 0.3 is 0 Å². The third kappa shape index (κ3) is 3.85. The lowest BCUT2D eigenvalue weighted by atomic mass is 9.74. The van der Waals surface area contributed by atoms with Crippen LogP contribution in [0.25, 0.3) is 0 Å². The molecule has 0 radical (unpaired) electrons. The molecule has 0 spiro atoms. The zero-order valence-corrected chi connectivity index (χ0v) is 14.5. The molecule has 1 atom stereocenters. The van der Waals surface area contributed by atoms with Gasteiger partial charge in [-0.05, 0) is 37.4 Å². The summed E-state index contributed by atoms with van der Waals surface area (Å²) in [6, 6.07) is 10.2. The van der Waals surface area contributed by atoms with E-state index in [0.29, 0.717) is 12.5 Å². The predicted molar refractivity (Wildman–Crippen MR) is 95.8 cm³/mol. The van der Waals surface area contributed by atoms with Crippen molar-refractivity contribution in [3.63, 3.8) is 0 Å². The standard InChI is InChI=1S/C19H26N4O/c1-19(2,16-9-6-10-20-11-16)18(24)22-17-12-21-23(14-17)13-15-7-4-3-5-8-15/h3-5,7-8,12,14,16,20H,6,9-11,13H2,1-2H3,(H,22,24). The second-order valence-corrected chi connectivity index (χ2v) is 7.13. The molecule has 24 heavy (non-hydrogen) atoms. The molecule has 0 bridgehead atoms. The summed E-state index contributed by atoms with van der Waals surface area (Å²) in [5, 5.41) is 10.8. The van der Waals surface area contributed by atoms with E-state index in [9.17, 15) is 4.79 Å². The van der Waals surface area contributed by atoms with Gasteiger partial charge in [0.25, 0.3) is 0 Å². The van der Waals surface area contributed by atoms with E-state index in [2.05, 4.69) is 27.9 Å². The van der Waals surface area contributed by atoms with E-state index in [4.69, 9.17) is 0 Å². The number of amides is 1. The van der Waals surface area contributed by atoms with Crippen molar-refractivity contribution in [1.82, 2.24) is 15.1 Å². The van der Waals surface area contributed by atoms with Gasteiger partial charge in [-0.15, -0.1) is 0 Å². The number of hydrogen-bond donors (Lipinski definition) is 2. The van der Waals surface area contributed by atoms with Crippen molar-refractivity contribution in [2.45, 2.75) is 33.2 Å². The minimum absolute atomic E-state index is 0.0652. The molecule has 3 rings (SSSR count). The SMILES string of the molecule is CC(C)(C(=O)Nc1cnn(Cc2ccccc2)c1)C1CCCNC1. The monoisotopic (exact) mass is 326 g/mol. The first-order valence-corrected chi connectivity index (χ1v) is 8.64. The van der Waals surface area contributed by atoms with Crippen molar-refractivity contribution in [2.24, 2.45) is 11.3 Å². The zero-order valence-electron chi connectivity index (χ0n) is 14.5. The average Bonchev–Trinajstić information content (AvgIpc) is 3.03.